The highest BCUT2D eigenvalue weighted by Gasteiger charge is 2.47. The van der Waals surface area contributed by atoms with Gasteiger partial charge >= 0.3 is 0 Å². The molecule has 1 aliphatic heterocycles. The quantitative estimate of drug-likeness (QED) is 0.310. The van der Waals surface area contributed by atoms with Crippen molar-refractivity contribution in [1.29, 1.82) is 0 Å². The van der Waals surface area contributed by atoms with Gasteiger partial charge in [0.05, 0.1) is 17.9 Å². The molecule has 1 unspecified atom stereocenters. The maximum absolute atomic E-state index is 12.2. The molecule has 0 aromatic heterocycles. The molecule has 3 rings (SSSR count). The van der Waals surface area contributed by atoms with Crippen LogP contribution in [0.15, 0.2) is 53.7 Å². The first-order valence-electron chi connectivity index (χ1n) is 10.9. The van der Waals surface area contributed by atoms with Crippen LogP contribution in [0, 0.1) is 0 Å². The van der Waals surface area contributed by atoms with Gasteiger partial charge in [-0.1, -0.05) is 53.7 Å². The van der Waals surface area contributed by atoms with E-state index in [9.17, 15) is 23.4 Å². The fourth-order valence-electron chi connectivity index (χ4n) is 3.77. The van der Waals surface area contributed by atoms with Crippen molar-refractivity contribution in [3.05, 3.63) is 59.7 Å². The second-order valence-electron chi connectivity index (χ2n) is 8.90. The topological polar surface area (TPSA) is 146 Å². The minimum Gasteiger partial charge on any atom is -0.392 e. The first-order chi connectivity index (χ1) is 15.9. The molecule has 1 heterocycles. The average Bonchev–Trinajstić information content (AvgIpc) is 3.26. The lowest BCUT2D eigenvalue weighted by molar-refractivity contribution is -0.132. The van der Waals surface area contributed by atoms with Crippen LogP contribution < -0.4 is 5.48 Å². The number of amides is 1. The summed E-state index contributed by atoms with van der Waals surface area (Å²) in [7, 11) is -3.83. The summed E-state index contributed by atoms with van der Waals surface area (Å²) in [5.74, 6) is -1.01. The summed E-state index contributed by atoms with van der Waals surface area (Å²) < 4.78 is 22.5. The smallest absolute Gasteiger partial charge is 0.264 e. The van der Waals surface area contributed by atoms with Crippen LogP contribution in [-0.4, -0.2) is 64.8 Å². The molecule has 1 amide bonds. The predicted molar refractivity (Wildman–Crippen MR) is 127 cm³/mol. The maximum atomic E-state index is 12.2. The van der Waals surface area contributed by atoms with Gasteiger partial charge in [-0.25, -0.2) is 13.9 Å². The molecule has 0 fully saturated rings. The number of carbonyl (C=O) groups is 1. The molecule has 2 aromatic rings. The first kappa shape index (κ1) is 25.8. The summed E-state index contributed by atoms with van der Waals surface area (Å²) in [6.07, 6.45) is -0.743. The molecule has 2 aromatic carbocycles. The van der Waals surface area contributed by atoms with Gasteiger partial charge in [0.25, 0.3) is 5.91 Å². The number of aliphatic hydroxyl groups is 2. The number of hydrogen-bond acceptors (Lipinski definition) is 8. The van der Waals surface area contributed by atoms with Crippen LogP contribution in [0.3, 0.4) is 0 Å². The Morgan fingerprint density at radius 3 is 2.15 bits per heavy atom. The Kier molecular flexibility index (Phi) is 7.77. The highest BCUT2D eigenvalue weighted by atomic mass is 32.2. The Hall–Kier alpha value is -2.79. The maximum Gasteiger partial charge on any atom is 0.264 e. The number of sulfone groups is 1. The summed E-state index contributed by atoms with van der Waals surface area (Å²) >= 11 is 0. The van der Waals surface area contributed by atoms with Gasteiger partial charge in [-0.3, -0.25) is 10.0 Å². The number of benzene rings is 2. The van der Waals surface area contributed by atoms with Crippen molar-refractivity contribution in [2.24, 2.45) is 5.16 Å². The highest BCUT2D eigenvalue weighted by molar-refractivity contribution is 7.92. The van der Waals surface area contributed by atoms with Crippen LogP contribution in [0.25, 0.3) is 11.1 Å². The molecule has 184 valence electrons. The number of nitrogens with zero attached hydrogens (tertiary/aromatic N) is 1. The molecule has 10 heteroatoms. The van der Waals surface area contributed by atoms with E-state index in [0.717, 1.165) is 28.5 Å². The van der Waals surface area contributed by atoms with E-state index in [4.69, 9.17) is 10.0 Å². The second kappa shape index (κ2) is 10.2. The van der Waals surface area contributed by atoms with Gasteiger partial charge < -0.3 is 15.1 Å². The van der Waals surface area contributed by atoms with Crippen molar-refractivity contribution in [2.45, 2.75) is 56.2 Å². The van der Waals surface area contributed by atoms with Gasteiger partial charge in [0.1, 0.15) is 6.10 Å². The lowest BCUT2D eigenvalue weighted by Gasteiger charge is -2.26. The molecule has 0 saturated carbocycles. The number of aliphatic hydroxyl groups excluding tert-OH is 2. The minimum absolute atomic E-state index is 0.153. The lowest BCUT2D eigenvalue weighted by atomic mass is 9.95. The SMILES string of the molecule is C[C@@H](O)[C@@H](O)Cc1ccc(-c2ccc(C3=NOC(C[C@](C)(C(=O)NO)S(C)(=O)=O)C3)cc2)cc1. The number of hydroxylamine groups is 1. The van der Waals surface area contributed by atoms with Gasteiger partial charge in [-0.2, -0.15) is 0 Å². The molecule has 4 atom stereocenters. The Morgan fingerprint density at radius 2 is 1.65 bits per heavy atom. The van der Waals surface area contributed by atoms with E-state index in [-0.39, 0.29) is 6.42 Å². The normalized spacial score (nSPS) is 19.5. The largest absolute Gasteiger partial charge is 0.392 e. The number of carbonyl (C=O) groups excluding carboxylic acids is 1. The summed E-state index contributed by atoms with van der Waals surface area (Å²) in [5.41, 5.74) is 5.78. The van der Waals surface area contributed by atoms with Crippen molar-refractivity contribution >= 4 is 21.5 Å². The van der Waals surface area contributed by atoms with Crippen LogP contribution in [0.5, 0.6) is 0 Å². The molecule has 0 radical (unpaired) electrons. The molecule has 4 N–H and O–H groups in total. The molecule has 34 heavy (non-hydrogen) atoms. The zero-order chi connectivity index (χ0) is 25.1. The standard InChI is InChI=1S/C24H30N2O7S/c1-15(27)22(28)12-16-4-6-17(7-5-16)18-8-10-19(11-9-18)21-13-20(33-26-21)14-24(2,23(29)25-30)34(3,31)32/h4-11,15,20,22,27-28,30H,12-14H2,1-3H3,(H,25,29)/t15-,20?,22+,24-/m1/s1. The van der Waals surface area contributed by atoms with Crippen LogP contribution in [-0.2, 0) is 25.9 Å². The van der Waals surface area contributed by atoms with Gasteiger partial charge in [0, 0.05) is 25.5 Å². The number of rotatable bonds is 9. The van der Waals surface area contributed by atoms with Gasteiger partial charge in [0.2, 0.25) is 0 Å². The molecule has 0 saturated heterocycles. The number of hydrogen-bond donors (Lipinski definition) is 4. The zero-order valence-corrected chi connectivity index (χ0v) is 20.1. The number of nitrogens with one attached hydrogen (secondary N) is 1. The van der Waals surface area contributed by atoms with Crippen molar-refractivity contribution in [1.82, 2.24) is 5.48 Å². The third-order valence-electron chi connectivity index (χ3n) is 6.26. The monoisotopic (exact) mass is 490 g/mol. The molecule has 0 bridgehead atoms. The van der Waals surface area contributed by atoms with Crippen molar-refractivity contribution in [3.8, 4) is 11.1 Å². The summed E-state index contributed by atoms with van der Waals surface area (Å²) in [4.78, 5) is 17.4. The third-order valence-corrected chi connectivity index (χ3v) is 8.25. The van der Waals surface area contributed by atoms with E-state index in [1.807, 2.05) is 48.5 Å². The average molecular weight is 491 g/mol. The zero-order valence-electron chi connectivity index (χ0n) is 19.3. The van der Waals surface area contributed by atoms with Crippen LogP contribution >= 0.6 is 0 Å². The van der Waals surface area contributed by atoms with Crippen molar-refractivity contribution < 1.29 is 33.5 Å². The summed E-state index contributed by atoms with van der Waals surface area (Å²) in [5, 5.41) is 32.3. The number of oxime groups is 1. The fourth-order valence-corrected chi connectivity index (χ4v) is 4.64. The van der Waals surface area contributed by atoms with E-state index in [1.54, 1.807) is 6.92 Å². The fraction of sp³-hybridized carbons (Fsp3) is 0.417. The Balaban J connectivity index is 1.66. The van der Waals surface area contributed by atoms with E-state index in [1.165, 1.54) is 12.4 Å². The van der Waals surface area contributed by atoms with Crippen molar-refractivity contribution in [2.75, 3.05) is 6.26 Å². The van der Waals surface area contributed by atoms with Gasteiger partial charge in [-0.05, 0) is 36.1 Å². The predicted octanol–water partition coefficient (Wildman–Crippen LogP) is 1.83. The molecular weight excluding hydrogens is 460 g/mol. The van der Waals surface area contributed by atoms with Crippen LogP contribution in [0.4, 0.5) is 0 Å². The van der Waals surface area contributed by atoms with Crippen LogP contribution in [0.2, 0.25) is 0 Å². The van der Waals surface area contributed by atoms with Crippen LogP contribution in [0.1, 0.15) is 37.8 Å². The molecular formula is C24H30N2O7S. The van der Waals surface area contributed by atoms with E-state index >= 15 is 0 Å². The molecule has 1 aliphatic rings. The third kappa shape index (κ3) is 5.64. The minimum atomic E-state index is -3.83. The highest BCUT2D eigenvalue weighted by Crippen LogP contribution is 2.30. The molecule has 9 nitrogen and oxygen atoms in total. The van der Waals surface area contributed by atoms with Gasteiger partial charge in [0.15, 0.2) is 14.6 Å². The summed E-state index contributed by atoms with van der Waals surface area (Å²) in [6.45, 7) is 2.80. The van der Waals surface area contributed by atoms with Gasteiger partial charge in [-0.15, -0.1) is 0 Å². The first-order valence-corrected chi connectivity index (χ1v) is 12.8. The Morgan fingerprint density at radius 1 is 1.12 bits per heavy atom. The Labute approximate surface area is 198 Å². The van der Waals surface area contributed by atoms with E-state index < -0.39 is 38.8 Å². The molecule has 0 spiro atoms. The summed E-state index contributed by atoms with van der Waals surface area (Å²) in [6, 6.07) is 15.4. The molecule has 0 aliphatic carbocycles. The lowest BCUT2D eigenvalue weighted by Crippen LogP contribution is -2.51. The van der Waals surface area contributed by atoms with Crippen molar-refractivity contribution in [3.63, 3.8) is 0 Å². The Bertz CT molecular complexity index is 1140. The second-order valence-corrected chi connectivity index (χ2v) is 11.3. The van der Waals surface area contributed by atoms with E-state index in [2.05, 4.69) is 5.16 Å². The van der Waals surface area contributed by atoms with E-state index in [0.29, 0.717) is 18.6 Å².